The summed E-state index contributed by atoms with van der Waals surface area (Å²) in [5, 5.41) is 11.6. The van der Waals surface area contributed by atoms with Crippen molar-refractivity contribution in [3.8, 4) is 11.1 Å². The molecule has 0 saturated heterocycles. The fraction of sp³-hybridized carbons (Fsp3) is 0.227. The molecular formula is C22H20BrN5O. The van der Waals surface area contributed by atoms with E-state index in [1.807, 2.05) is 42.4 Å². The molecule has 6 nitrogen and oxygen atoms in total. The van der Waals surface area contributed by atoms with Crippen LogP contribution in [-0.2, 0) is 6.42 Å². The van der Waals surface area contributed by atoms with E-state index in [-0.39, 0.29) is 11.9 Å². The van der Waals surface area contributed by atoms with Gasteiger partial charge in [-0.3, -0.25) is 9.89 Å². The molecule has 1 N–H and O–H groups in total. The summed E-state index contributed by atoms with van der Waals surface area (Å²) in [4.78, 5) is 15.2. The van der Waals surface area contributed by atoms with Gasteiger partial charge in [0.05, 0.1) is 17.3 Å². The number of aromatic amines is 1. The van der Waals surface area contributed by atoms with Crippen LogP contribution in [0.4, 0.5) is 0 Å². The maximum Gasteiger partial charge on any atom is 0.274 e. The number of carbonyl (C=O) groups is 1. The predicted octanol–water partition coefficient (Wildman–Crippen LogP) is 4.55. The summed E-state index contributed by atoms with van der Waals surface area (Å²) < 4.78 is 2.66. The molecule has 0 fully saturated rings. The SMILES string of the molecule is Cc1n[nH]cc1-c1ccc2c(c1)C(C)N(C(=O)c1cc3ccc(Br)cn3n1)CC2. The molecule has 1 atom stereocenters. The van der Waals surface area contributed by atoms with Crippen LogP contribution in [0.15, 0.2) is 53.3 Å². The highest BCUT2D eigenvalue weighted by Gasteiger charge is 2.30. The summed E-state index contributed by atoms with van der Waals surface area (Å²) in [5.74, 6) is -0.0344. The smallest absolute Gasteiger partial charge is 0.274 e. The zero-order chi connectivity index (χ0) is 20.1. The van der Waals surface area contributed by atoms with Crippen molar-refractivity contribution in [3.63, 3.8) is 0 Å². The third-order valence-electron chi connectivity index (χ3n) is 5.73. The highest BCUT2D eigenvalue weighted by Crippen LogP contribution is 2.34. The van der Waals surface area contributed by atoms with Crippen molar-refractivity contribution in [1.82, 2.24) is 24.7 Å². The van der Waals surface area contributed by atoms with Crippen LogP contribution in [0.5, 0.6) is 0 Å². The number of carbonyl (C=O) groups excluding carboxylic acids is 1. The minimum Gasteiger partial charge on any atom is -0.330 e. The Balaban J connectivity index is 1.49. The highest BCUT2D eigenvalue weighted by atomic mass is 79.9. The first-order chi connectivity index (χ1) is 14.0. The molecule has 0 radical (unpaired) electrons. The van der Waals surface area contributed by atoms with Gasteiger partial charge in [-0.15, -0.1) is 0 Å². The number of H-pyrrole nitrogens is 1. The van der Waals surface area contributed by atoms with Gasteiger partial charge in [0.15, 0.2) is 5.69 Å². The Kier molecular flexibility index (Phi) is 4.28. The molecule has 7 heteroatoms. The molecule has 5 rings (SSSR count). The number of nitrogens with zero attached hydrogens (tertiary/aromatic N) is 4. The van der Waals surface area contributed by atoms with Gasteiger partial charge >= 0.3 is 0 Å². The number of nitrogens with one attached hydrogen (secondary N) is 1. The van der Waals surface area contributed by atoms with Crippen molar-refractivity contribution in [2.45, 2.75) is 26.3 Å². The summed E-state index contributed by atoms with van der Waals surface area (Å²) in [7, 11) is 0. The van der Waals surface area contributed by atoms with Gasteiger partial charge in [-0.25, -0.2) is 4.52 Å². The normalized spacial score (nSPS) is 16.2. The van der Waals surface area contributed by atoms with E-state index in [1.165, 1.54) is 11.1 Å². The maximum atomic E-state index is 13.3. The van der Waals surface area contributed by atoms with Gasteiger partial charge in [0.2, 0.25) is 0 Å². The van der Waals surface area contributed by atoms with Gasteiger partial charge in [0, 0.05) is 29.0 Å². The van der Waals surface area contributed by atoms with E-state index in [4.69, 9.17) is 0 Å². The number of fused-ring (bicyclic) bond motifs is 2. The first kappa shape index (κ1) is 18.1. The number of benzene rings is 1. The number of halogens is 1. The number of aryl methyl sites for hydroxylation is 1. The van der Waals surface area contributed by atoms with E-state index in [1.54, 1.807) is 4.52 Å². The minimum atomic E-state index is -0.0344. The molecule has 29 heavy (non-hydrogen) atoms. The lowest BCUT2D eigenvalue weighted by Crippen LogP contribution is -2.39. The molecule has 146 valence electrons. The fourth-order valence-electron chi connectivity index (χ4n) is 4.12. The second-order valence-corrected chi connectivity index (χ2v) is 8.38. The molecule has 1 aliphatic heterocycles. The zero-order valence-electron chi connectivity index (χ0n) is 16.2. The summed E-state index contributed by atoms with van der Waals surface area (Å²) in [6.45, 7) is 4.77. The van der Waals surface area contributed by atoms with Crippen molar-refractivity contribution in [1.29, 1.82) is 0 Å². The van der Waals surface area contributed by atoms with Crippen LogP contribution in [0.1, 0.15) is 40.3 Å². The van der Waals surface area contributed by atoms with E-state index in [2.05, 4.69) is 56.3 Å². The maximum absolute atomic E-state index is 13.3. The van der Waals surface area contributed by atoms with Gasteiger partial charge in [-0.05, 0) is 77.2 Å². The lowest BCUT2D eigenvalue weighted by atomic mass is 9.90. The molecule has 1 unspecified atom stereocenters. The minimum absolute atomic E-state index is 0.0186. The Labute approximate surface area is 176 Å². The topological polar surface area (TPSA) is 66.3 Å². The van der Waals surface area contributed by atoms with Gasteiger partial charge < -0.3 is 4.90 Å². The molecular weight excluding hydrogens is 430 g/mol. The molecule has 0 aliphatic carbocycles. The quantitative estimate of drug-likeness (QED) is 0.487. The fourth-order valence-corrected chi connectivity index (χ4v) is 4.45. The van der Waals surface area contributed by atoms with Gasteiger partial charge in [-0.1, -0.05) is 12.1 Å². The largest absolute Gasteiger partial charge is 0.330 e. The molecule has 4 aromatic rings. The average Bonchev–Trinajstić information content (AvgIpc) is 3.33. The monoisotopic (exact) mass is 449 g/mol. The van der Waals surface area contributed by atoms with Crippen LogP contribution < -0.4 is 0 Å². The number of pyridine rings is 1. The van der Waals surface area contributed by atoms with Crippen molar-refractivity contribution in [2.24, 2.45) is 0 Å². The third-order valence-corrected chi connectivity index (χ3v) is 6.20. The lowest BCUT2D eigenvalue weighted by molar-refractivity contribution is 0.0671. The summed E-state index contributed by atoms with van der Waals surface area (Å²) in [6, 6.07) is 12.2. The van der Waals surface area contributed by atoms with Crippen molar-refractivity contribution < 1.29 is 4.79 Å². The number of hydrogen-bond donors (Lipinski definition) is 1. The molecule has 0 bridgehead atoms. The number of aromatic nitrogens is 4. The lowest BCUT2D eigenvalue weighted by Gasteiger charge is -2.35. The molecule has 1 aromatic carbocycles. The number of hydrogen-bond acceptors (Lipinski definition) is 3. The summed E-state index contributed by atoms with van der Waals surface area (Å²) in [6.07, 6.45) is 4.62. The van der Waals surface area contributed by atoms with Crippen molar-refractivity contribution in [2.75, 3.05) is 6.54 Å². The Morgan fingerprint density at radius 2 is 2.10 bits per heavy atom. The second-order valence-electron chi connectivity index (χ2n) is 7.47. The Hall–Kier alpha value is -2.93. The van der Waals surface area contributed by atoms with Crippen LogP contribution in [-0.4, -0.2) is 37.2 Å². The zero-order valence-corrected chi connectivity index (χ0v) is 17.8. The van der Waals surface area contributed by atoms with Gasteiger partial charge in [-0.2, -0.15) is 10.2 Å². The molecule has 4 heterocycles. The first-order valence-corrected chi connectivity index (χ1v) is 10.4. The standard InChI is InChI=1S/C22H20BrN5O/c1-13-20(11-24-25-13)16-4-3-15-7-8-27(14(2)19(15)9-16)22(29)21-10-18-6-5-17(23)12-28(18)26-21/h3-6,9-12,14H,7-8H2,1-2H3,(H,24,25). The average molecular weight is 450 g/mol. The van der Waals surface area contributed by atoms with Crippen LogP contribution in [0, 0.1) is 6.92 Å². The Morgan fingerprint density at radius 1 is 1.24 bits per heavy atom. The van der Waals surface area contributed by atoms with E-state index < -0.39 is 0 Å². The Morgan fingerprint density at radius 3 is 2.90 bits per heavy atom. The molecule has 1 aliphatic rings. The number of rotatable bonds is 2. The predicted molar refractivity (Wildman–Crippen MR) is 115 cm³/mol. The Bertz CT molecular complexity index is 1240. The summed E-state index contributed by atoms with van der Waals surface area (Å²) >= 11 is 3.45. The molecule has 3 aromatic heterocycles. The van der Waals surface area contributed by atoms with Crippen LogP contribution in [0.2, 0.25) is 0 Å². The van der Waals surface area contributed by atoms with E-state index in [9.17, 15) is 4.79 Å². The highest BCUT2D eigenvalue weighted by molar-refractivity contribution is 9.10. The third kappa shape index (κ3) is 3.06. The van der Waals surface area contributed by atoms with E-state index in [0.29, 0.717) is 12.2 Å². The molecule has 0 saturated carbocycles. The second kappa shape index (κ2) is 6.84. The van der Waals surface area contributed by atoms with Crippen molar-refractivity contribution >= 4 is 27.4 Å². The van der Waals surface area contributed by atoms with Gasteiger partial charge in [0.1, 0.15) is 0 Å². The van der Waals surface area contributed by atoms with Crippen LogP contribution in [0.25, 0.3) is 16.6 Å². The van der Waals surface area contributed by atoms with Gasteiger partial charge in [0.25, 0.3) is 5.91 Å². The first-order valence-electron chi connectivity index (χ1n) is 9.61. The number of amides is 1. The van der Waals surface area contributed by atoms with Crippen molar-refractivity contribution in [3.05, 3.63) is 75.8 Å². The van der Waals surface area contributed by atoms with E-state index >= 15 is 0 Å². The molecule has 1 amide bonds. The van der Waals surface area contributed by atoms with E-state index in [0.717, 1.165) is 33.2 Å². The summed E-state index contributed by atoms with van der Waals surface area (Å²) in [5.41, 5.74) is 7.04. The van der Waals surface area contributed by atoms with Crippen LogP contribution >= 0.6 is 15.9 Å². The van der Waals surface area contributed by atoms with Crippen LogP contribution in [0.3, 0.4) is 0 Å². The molecule has 0 spiro atoms.